The van der Waals surface area contributed by atoms with Gasteiger partial charge in [-0.1, -0.05) is 12.1 Å². The van der Waals surface area contributed by atoms with Gasteiger partial charge in [0.2, 0.25) is 0 Å². The van der Waals surface area contributed by atoms with Gasteiger partial charge in [0.05, 0.1) is 30.6 Å². The third kappa shape index (κ3) is 3.21. The highest BCUT2D eigenvalue weighted by atomic mass is 16.5. The Balaban J connectivity index is 1.51. The summed E-state index contributed by atoms with van der Waals surface area (Å²) >= 11 is 0. The van der Waals surface area contributed by atoms with Gasteiger partial charge in [0, 0.05) is 50.3 Å². The Labute approximate surface area is 175 Å². The number of amides is 1. The summed E-state index contributed by atoms with van der Waals surface area (Å²) in [5, 5.41) is 0. The summed E-state index contributed by atoms with van der Waals surface area (Å²) in [5.41, 5.74) is 5.89. The lowest BCUT2D eigenvalue weighted by atomic mass is 10.0. The molecule has 30 heavy (non-hydrogen) atoms. The van der Waals surface area contributed by atoms with Crippen LogP contribution < -0.4 is 9.80 Å². The SMILES string of the molecule is CN(C)C1=CC(=O)N(c2ccc3[nH]cnc3c2)C1c1ccc(N2CCOCC2)cc1. The number of H-pyrrole nitrogens is 1. The molecule has 7 nitrogen and oxygen atoms in total. The fourth-order valence-electron chi connectivity index (χ4n) is 4.26. The van der Waals surface area contributed by atoms with E-state index in [4.69, 9.17) is 4.74 Å². The second-order valence-electron chi connectivity index (χ2n) is 7.87. The van der Waals surface area contributed by atoms with E-state index in [9.17, 15) is 4.79 Å². The second kappa shape index (κ2) is 7.50. The summed E-state index contributed by atoms with van der Waals surface area (Å²) < 4.78 is 5.46. The zero-order valence-electron chi connectivity index (χ0n) is 17.2. The van der Waals surface area contributed by atoms with Crippen molar-refractivity contribution >= 4 is 28.3 Å². The standard InChI is InChI=1S/C23H25N5O2/c1-26(2)21-14-22(29)28(18-7-8-19-20(13-18)25-15-24-19)23(21)16-3-5-17(6-4-16)27-9-11-30-12-10-27/h3-8,13-15,23H,9-12H2,1-2H3,(H,24,25). The molecule has 0 radical (unpaired) electrons. The average molecular weight is 403 g/mol. The summed E-state index contributed by atoms with van der Waals surface area (Å²) in [6.07, 6.45) is 3.40. The van der Waals surface area contributed by atoms with E-state index in [1.165, 1.54) is 5.69 Å². The zero-order chi connectivity index (χ0) is 20.7. The molecule has 1 aromatic heterocycles. The maximum absolute atomic E-state index is 13.0. The van der Waals surface area contributed by atoms with Crippen molar-refractivity contribution in [2.24, 2.45) is 0 Å². The van der Waals surface area contributed by atoms with E-state index in [1.807, 2.05) is 42.1 Å². The number of rotatable bonds is 4. The van der Waals surface area contributed by atoms with Crippen molar-refractivity contribution in [2.45, 2.75) is 6.04 Å². The fraction of sp³-hybridized carbons (Fsp3) is 0.304. The van der Waals surface area contributed by atoms with Crippen molar-refractivity contribution in [1.29, 1.82) is 0 Å². The van der Waals surface area contributed by atoms with Crippen LogP contribution in [0.15, 0.2) is 60.6 Å². The molecule has 2 aliphatic rings. The van der Waals surface area contributed by atoms with Gasteiger partial charge in [-0.2, -0.15) is 0 Å². The number of nitrogens with one attached hydrogen (secondary N) is 1. The first-order valence-corrected chi connectivity index (χ1v) is 10.2. The highest BCUT2D eigenvalue weighted by Crippen LogP contribution is 2.39. The smallest absolute Gasteiger partial charge is 0.253 e. The Bertz CT molecular complexity index is 1100. The normalized spacial score (nSPS) is 19.5. The van der Waals surface area contributed by atoms with Crippen LogP contribution in [0.3, 0.4) is 0 Å². The molecule has 5 rings (SSSR count). The second-order valence-corrected chi connectivity index (χ2v) is 7.87. The molecular formula is C23H25N5O2. The lowest BCUT2D eigenvalue weighted by Crippen LogP contribution is -2.36. The van der Waals surface area contributed by atoms with Crippen molar-refractivity contribution in [2.75, 3.05) is 50.2 Å². The van der Waals surface area contributed by atoms with Crippen molar-refractivity contribution in [3.8, 4) is 0 Å². The van der Waals surface area contributed by atoms with E-state index in [-0.39, 0.29) is 11.9 Å². The van der Waals surface area contributed by atoms with Crippen LogP contribution in [0.4, 0.5) is 11.4 Å². The number of imidazole rings is 1. The Hall–Kier alpha value is -3.32. The number of anilines is 2. The first-order valence-electron chi connectivity index (χ1n) is 10.2. The highest BCUT2D eigenvalue weighted by Gasteiger charge is 2.36. The highest BCUT2D eigenvalue weighted by molar-refractivity contribution is 6.06. The molecule has 7 heteroatoms. The number of nitrogens with zero attached hydrogens (tertiary/aromatic N) is 4. The minimum atomic E-state index is -0.178. The zero-order valence-corrected chi connectivity index (χ0v) is 17.2. The Morgan fingerprint density at radius 2 is 1.80 bits per heavy atom. The number of morpholine rings is 1. The molecule has 1 unspecified atom stereocenters. The molecule has 1 atom stereocenters. The van der Waals surface area contributed by atoms with Crippen molar-refractivity contribution in [3.63, 3.8) is 0 Å². The van der Waals surface area contributed by atoms with Crippen LogP contribution >= 0.6 is 0 Å². The summed E-state index contributed by atoms with van der Waals surface area (Å²) in [5.74, 6) is -0.0177. The monoisotopic (exact) mass is 403 g/mol. The predicted octanol–water partition coefficient (Wildman–Crippen LogP) is 2.93. The Morgan fingerprint density at radius 3 is 2.53 bits per heavy atom. The van der Waals surface area contributed by atoms with Crippen LogP contribution in [0.1, 0.15) is 11.6 Å². The molecule has 1 saturated heterocycles. The van der Waals surface area contributed by atoms with Gasteiger partial charge in [-0.3, -0.25) is 9.69 Å². The molecule has 1 N–H and O–H groups in total. The Kier molecular flexibility index (Phi) is 4.67. The van der Waals surface area contributed by atoms with Crippen LogP contribution in [0.2, 0.25) is 0 Å². The molecule has 2 aliphatic heterocycles. The largest absolute Gasteiger partial charge is 0.379 e. The number of carbonyl (C=O) groups is 1. The molecule has 1 amide bonds. The van der Waals surface area contributed by atoms with Gasteiger partial charge >= 0.3 is 0 Å². The van der Waals surface area contributed by atoms with Crippen LogP contribution in [0.25, 0.3) is 11.0 Å². The molecule has 3 heterocycles. The van der Waals surface area contributed by atoms with E-state index in [2.05, 4.69) is 39.1 Å². The van der Waals surface area contributed by atoms with Gasteiger partial charge in [-0.15, -0.1) is 0 Å². The van der Waals surface area contributed by atoms with Crippen LogP contribution in [0, 0.1) is 0 Å². The summed E-state index contributed by atoms with van der Waals surface area (Å²) in [6.45, 7) is 3.32. The molecule has 0 spiro atoms. The number of hydrogen-bond donors (Lipinski definition) is 1. The molecule has 0 saturated carbocycles. The van der Waals surface area contributed by atoms with Gasteiger partial charge < -0.3 is 19.5 Å². The van der Waals surface area contributed by atoms with Crippen molar-refractivity contribution in [3.05, 3.63) is 66.1 Å². The molecule has 0 bridgehead atoms. The number of likely N-dealkylation sites (N-methyl/N-ethyl adjacent to an activating group) is 1. The van der Waals surface area contributed by atoms with E-state index >= 15 is 0 Å². The summed E-state index contributed by atoms with van der Waals surface area (Å²) in [4.78, 5) is 26.7. The minimum Gasteiger partial charge on any atom is -0.379 e. The molecule has 0 aliphatic carbocycles. The number of aromatic amines is 1. The van der Waals surface area contributed by atoms with E-state index < -0.39 is 0 Å². The maximum Gasteiger partial charge on any atom is 0.253 e. The lowest BCUT2D eigenvalue weighted by molar-refractivity contribution is -0.113. The van der Waals surface area contributed by atoms with Crippen molar-refractivity contribution in [1.82, 2.24) is 14.9 Å². The molecule has 154 valence electrons. The minimum absolute atomic E-state index is 0.0177. The lowest BCUT2D eigenvalue weighted by Gasteiger charge is -2.32. The molecule has 1 fully saturated rings. The fourth-order valence-corrected chi connectivity index (χ4v) is 4.26. The van der Waals surface area contributed by atoms with E-state index in [0.29, 0.717) is 0 Å². The number of ether oxygens (including phenoxy) is 1. The van der Waals surface area contributed by atoms with Crippen LogP contribution in [-0.2, 0) is 9.53 Å². The quantitative estimate of drug-likeness (QED) is 0.726. The third-order valence-corrected chi connectivity index (χ3v) is 5.83. The first kappa shape index (κ1) is 18.7. The van der Waals surface area contributed by atoms with E-state index in [0.717, 1.165) is 54.3 Å². The maximum atomic E-state index is 13.0. The van der Waals surface area contributed by atoms with Gasteiger partial charge in [0.25, 0.3) is 5.91 Å². The molecular weight excluding hydrogens is 378 g/mol. The summed E-state index contributed by atoms with van der Waals surface area (Å²) in [7, 11) is 3.96. The average Bonchev–Trinajstić information content (AvgIpc) is 3.38. The summed E-state index contributed by atoms with van der Waals surface area (Å²) in [6, 6.07) is 14.3. The topological polar surface area (TPSA) is 64.7 Å². The first-order chi connectivity index (χ1) is 14.6. The number of carbonyl (C=O) groups excluding carboxylic acids is 1. The molecule has 3 aromatic rings. The van der Waals surface area contributed by atoms with Gasteiger partial charge in [-0.25, -0.2) is 4.98 Å². The van der Waals surface area contributed by atoms with Crippen molar-refractivity contribution < 1.29 is 9.53 Å². The Morgan fingerprint density at radius 1 is 1.07 bits per heavy atom. The van der Waals surface area contributed by atoms with Crippen LogP contribution in [0.5, 0.6) is 0 Å². The van der Waals surface area contributed by atoms with E-state index in [1.54, 1.807) is 12.4 Å². The number of fused-ring (bicyclic) bond motifs is 1. The number of benzene rings is 2. The third-order valence-electron chi connectivity index (χ3n) is 5.83. The molecule has 2 aromatic carbocycles. The predicted molar refractivity (Wildman–Crippen MR) is 118 cm³/mol. The van der Waals surface area contributed by atoms with Gasteiger partial charge in [-0.05, 0) is 35.9 Å². The number of aromatic nitrogens is 2. The van der Waals surface area contributed by atoms with Crippen LogP contribution in [-0.4, -0.2) is 61.2 Å². The van der Waals surface area contributed by atoms with Gasteiger partial charge in [0.15, 0.2) is 0 Å². The number of hydrogen-bond acceptors (Lipinski definition) is 5. The van der Waals surface area contributed by atoms with Gasteiger partial charge in [0.1, 0.15) is 6.04 Å².